The van der Waals surface area contributed by atoms with Crippen molar-refractivity contribution in [1.29, 1.82) is 0 Å². The van der Waals surface area contributed by atoms with Gasteiger partial charge in [-0.15, -0.1) is 0 Å². The van der Waals surface area contributed by atoms with Crippen LogP contribution >= 0.6 is 0 Å². The van der Waals surface area contributed by atoms with Crippen LogP contribution in [0.3, 0.4) is 0 Å². The number of nitrogens with one attached hydrogen (secondary N) is 1. The summed E-state index contributed by atoms with van der Waals surface area (Å²) in [7, 11) is -3.24. The van der Waals surface area contributed by atoms with Gasteiger partial charge in [0.05, 0.1) is 18.6 Å². The third-order valence-electron chi connectivity index (χ3n) is 3.45. The van der Waals surface area contributed by atoms with E-state index in [-0.39, 0.29) is 23.3 Å². The molecule has 7 heteroatoms. The van der Waals surface area contributed by atoms with E-state index in [9.17, 15) is 13.0 Å². The van der Waals surface area contributed by atoms with Crippen molar-refractivity contribution in [2.45, 2.75) is 51.9 Å². The number of hydrogen-bond donors (Lipinski definition) is 1. The van der Waals surface area contributed by atoms with Gasteiger partial charge in [0.15, 0.2) is 0 Å². The van der Waals surface area contributed by atoms with Gasteiger partial charge in [-0.3, -0.25) is 0 Å². The summed E-state index contributed by atoms with van der Waals surface area (Å²) in [4.78, 5) is 0. The zero-order valence-electron chi connectivity index (χ0n) is 13.4. The standard InChI is InChI=1S/C13H29NO4S2/c1-7-11(19(5)15)9-13(3,4)12(18-8-2)10-14-20(6,16)17/h11-12,14H,7-10H2,1-6H3/t11?,12?,19-/m0/s1. The molecule has 5 nitrogen and oxygen atoms in total. The lowest BCUT2D eigenvalue weighted by Gasteiger charge is -2.36. The summed E-state index contributed by atoms with van der Waals surface area (Å²) >= 11 is -0.886. The first-order valence-corrected chi connectivity index (χ1v) is 10.4. The SMILES string of the molecule is CCOC(CNS(C)(=O)=O)C(C)(C)CC(CC)[S@+](C)[O-]. The van der Waals surface area contributed by atoms with E-state index in [0.29, 0.717) is 6.61 Å². The topological polar surface area (TPSA) is 78.5 Å². The van der Waals surface area contributed by atoms with Crippen LogP contribution in [0.25, 0.3) is 0 Å². The predicted octanol–water partition coefficient (Wildman–Crippen LogP) is 1.51. The second-order valence-electron chi connectivity index (χ2n) is 5.79. The van der Waals surface area contributed by atoms with Crippen LogP contribution in [0, 0.1) is 5.41 Å². The Bertz CT molecular complexity index is 369. The van der Waals surface area contributed by atoms with Gasteiger partial charge in [-0.25, -0.2) is 13.1 Å². The van der Waals surface area contributed by atoms with Crippen LogP contribution in [-0.2, 0) is 25.9 Å². The Morgan fingerprint density at radius 2 is 1.90 bits per heavy atom. The van der Waals surface area contributed by atoms with E-state index >= 15 is 0 Å². The molecule has 0 aromatic carbocycles. The summed E-state index contributed by atoms with van der Waals surface area (Å²) in [5.74, 6) is 0. The van der Waals surface area contributed by atoms with Crippen molar-refractivity contribution in [3.8, 4) is 0 Å². The molecule has 0 saturated heterocycles. The molecule has 20 heavy (non-hydrogen) atoms. The predicted molar refractivity (Wildman–Crippen MR) is 84.8 cm³/mol. The Balaban J connectivity index is 4.85. The molecule has 0 radical (unpaired) electrons. The summed E-state index contributed by atoms with van der Waals surface area (Å²) in [6.07, 6.45) is 4.20. The lowest BCUT2D eigenvalue weighted by Crippen LogP contribution is -2.44. The number of hydrogen-bond acceptors (Lipinski definition) is 4. The van der Waals surface area contributed by atoms with Gasteiger partial charge in [0.25, 0.3) is 0 Å². The first kappa shape index (κ1) is 20.2. The van der Waals surface area contributed by atoms with E-state index in [0.717, 1.165) is 19.1 Å². The molecule has 0 aromatic rings. The smallest absolute Gasteiger partial charge is 0.208 e. The van der Waals surface area contributed by atoms with Crippen LogP contribution in [0.5, 0.6) is 0 Å². The maximum absolute atomic E-state index is 11.7. The summed E-state index contributed by atoms with van der Waals surface area (Å²) in [6, 6.07) is 0. The molecule has 122 valence electrons. The third-order valence-corrected chi connectivity index (χ3v) is 5.58. The molecule has 1 N–H and O–H groups in total. The van der Waals surface area contributed by atoms with Crippen LogP contribution < -0.4 is 4.72 Å². The van der Waals surface area contributed by atoms with Gasteiger partial charge >= 0.3 is 0 Å². The van der Waals surface area contributed by atoms with Crippen molar-refractivity contribution < 1.29 is 17.7 Å². The highest BCUT2D eigenvalue weighted by atomic mass is 32.2. The molecule has 0 amide bonds. The second kappa shape index (κ2) is 8.58. The first-order valence-electron chi connectivity index (χ1n) is 6.92. The molecule has 0 aliphatic rings. The maximum atomic E-state index is 11.7. The lowest BCUT2D eigenvalue weighted by molar-refractivity contribution is -0.0195. The van der Waals surface area contributed by atoms with Crippen molar-refractivity contribution in [3.63, 3.8) is 0 Å². The fourth-order valence-electron chi connectivity index (χ4n) is 2.20. The van der Waals surface area contributed by atoms with E-state index in [1.165, 1.54) is 0 Å². The second-order valence-corrected chi connectivity index (χ2v) is 9.28. The third kappa shape index (κ3) is 7.83. The van der Waals surface area contributed by atoms with Gasteiger partial charge in [-0.1, -0.05) is 31.9 Å². The van der Waals surface area contributed by atoms with E-state index in [4.69, 9.17) is 4.74 Å². The minimum atomic E-state index is -3.24. The van der Waals surface area contributed by atoms with Crippen molar-refractivity contribution >= 4 is 21.2 Å². The van der Waals surface area contributed by atoms with E-state index in [2.05, 4.69) is 4.72 Å². The molecule has 0 heterocycles. The summed E-state index contributed by atoms with van der Waals surface area (Å²) in [6.45, 7) is 8.74. The average Bonchev–Trinajstić information content (AvgIpc) is 2.29. The van der Waals surface area contributed by atoms with Crippen LogP contribution in [0.15, 0.2) is 0 Å². The monoisotopic (exact) mass is 327 g/mol. The van der Waals surface area contributed by atoms with Crippen LogP contribution in [-0.4, -0.2) is 50.0 Å². The van der Waals surface area contributed by atoms with Gasteiger partial charge in [0, 0.05) is 19.6 Å². The van der Waals surface area contributed by atoms with Crippen molar-refractivity contribution in [1.82, 2.24) is 4.72 Å². The number of sulfonamides is 1. The molecule has 2 unspecified atom stereocenters. The van der Waals surface area contributed by atoms with Gasteiger partial charge in [0.2, 0.25) is 10.0 Å². The molecule has 0 bridgehead atoms. The maximum Gasteiger partial charge on any atom is 0.208 e. The molecule has 0 aliphatic heterocycles. The van der Waals surface area contributed by atoms with Gasteiger partial charge in [-0.2, -0.15) is 0 Å². The van der Waals surface area contributed by atoms with E-state index < -0.39 is 21.2 Å². The van der Waals surface area contributed by atoms with Gasteiger partial charge in [0.1, 0.15) is 5.25 Å². The first-order chi connectivity index (χ1) is 9.03. The highest BCUT2D eigenvalue weighted by Gasteiger charge is 2.35. The molecule has 0 fully saturated rings. The average molecular weight is 328 g/mol. The Morgan fingerprint density at radius 3 is 2.25 bits per heavy atom. The molecule has 0 aromatic heterocycles. The van der Waals surface area contributed by atoms with Gasteiger partial charge in [-0.05, 0) is 18.8 Å². The molecule has 0 spiro atoms. The molecule has 0 aliphatic carbocycles. The molecule has 3 atom stereocenters. The number of ether oxygens (including phenoxy) is 1. The highest BCUT2D eigenvalue weighted by molar-refractivity contribution is 7.91. The zero-order valence-corrected chi connectivity index (χ0v) is 15.1. The summed E-state index contributed by atoms with van der Waals surface area (Å²) in [5.41, 5.74) is -0.250. The largest absolute Gasteiger partial charge is 0.616 e. The van der Waals surface area contributed by atoms with Crippen molar-refractivity contribution in [3.05, 3.63) is 0 Å². The Labute approximate surface area is 127 Å². The van der Waals surface area contributed by atoms with Crippen molar-refractivity contribution in [2.24, 2.45) is 5.41 Å². The van der Waals surface area contributed by atoms with Crippen LogP contribution in [0.2, 0.25) is 0 Å². The molecular formula is C13H29NO4S2. The Morgan fingerprint density at radius 1 is 1.35 bits per heavy atom. The van der Waals surface area contributed by atoms with E-state index in [1.807, 2.05) is 27.7 Å². The fourth-order valence-corrected chi connectivity index (χ4v) is 3.79. The van der Waals surface area contributed by atoms with Gasteiger partial charge < -0.3 is 9.29 Å². The van der Waals surface area contributed by atoms with Crippen LogP contribution in [0.4, 0.5) is 0 Å². The number of rotatable bonds is 10. The highest BCUT2D eigenvalue weighted by Crippen LogP contribution is 2.32. The lowest BCUT2D eigenvalue weighted by atomic mass is 9.81. The van der Waals surface area contributed by atoms with Crippen molar-refractivity contribution in [2.75, 3.05) is 25.7 Å². The quantitative estimate of drug-likeness (QED) is 0.617. The minimum Gasteiger partial charge on any atom is -0.616 e. The molecular weight excluding hydrogens is 298 g/mol. The molecule has 0 rings (SSSR count). The Kier molecular flexibility index (Phi) is 8.66. The minimum absolute atomic E-state index is 0.103. The van der Waals surface area contributed by atoms with Crippen LogP contribution in [0.1, 0.15) is 40.5 Å². The summed E-state index contributed by atoms with van der Waals surface area (Å²) < 4.78 is 42.4. The van der Waals surface area contributed by atoms with E-state index in [1.54, 1.807) is 6.26 Å². The fraction of sp³-hybridized carbons (Fsp3) is 1.00. The Hall–Kier alpha value is 0.180. The zero-order chi connectivity index (χ0) is 16.0. The normalized spacial score (nSPS) is 17.8. The summed E-state index contributed by atoms with van der Waals surface area (Å²) in [5, 5.41) is 0.103. The molecule has 0 saturated carbocycles.